The van der Waals surface area contributed by atoms with E-state index < -0.39 is 17.8 Å². The van der Waals surface area contributed by atoms with E-state index in [2.05, 4.69) is 0 Å². The van der Waals surface area contributed by atoms with Crippen LogP contribution in [-0.4, -0.2) is 46.1 Å². The molecule has 0 bridgehead atoms. The Morgan fingerprint density at radius 1 is 0.667 bits per heavy atom. The summed E-state index contributed by atoms with van der Waals surface area (Å²) in [5.41, 5.74) is 1.23. The van der Waals surface area contributed by atoms with Gasteiger partial charge in [-0.15, -0.1) is 0 Å². The number of carbonyl (C=O) groups excluding carboxylic acids is 5. The third-order valence-corrected chi connectivity index (χ3v) is 5.09. The van der Waals surface area contributed by atoms with Crippen molar-refractivity contribution in [3.05, 3.63) is 70.8 Å². The summed E-state index contributed by atoms with van der Waals surface area (Å²) in [6.07, 6.45) is 1.55. The molecule has 2 aromatic carbocycles. The van der Waals surface area contributed by atoms with E-state index in [1.165, 1.54) is 17.0 Å². The van der Waals surface area contributed by atoms with Gasteiger partial charge < -0.3 is 4.84 Å². The summed E-state index contributed by atoms with van der Waals surface area (Å²) < 4.78 is 0. The molecule has 0 aromatic heterocycles. The molecule has 0 saturated heterocycles. The largest absolute Gasteiger partial charge is 0.333 e. The van der Waals surface area contributed by atoms with E-state index in [0.717, 1.165) is 0 Å². The maximum Gasteiger partial charge on any atom is 0.333 e. The van der Waals surface area contributed by atoms with Gasteiger partial charge in [-0.25, -0.2) is 4.79 Å². The minimum Gasteiger partial charge on any atom is -0.330 e. The fraction of sp³-hybridized carbons (Fsp3) is 0.227. The fourth-order valence-corrected chi connectivity index (χ4v) is 3.56. The number of unbranched alkanes of at least 4 members (excludes halogenated alkanes) is 2. The minimum absolute atomic E-state index is 0.00945. The zero-order valence-electron chi connectivity index (χ0n) is 16.0. The molecule has 8 heteroatoms. The molecule has 0 spiro atoms. The molecule has 8 nitrogen and oxygen atoms in total. The molecular weight excluding hydrogens is 388 g/mol. The maximum absolute atomic E-state index is 12.3. The van der Waals surface area contributed by atoms with E-state index in [9.17, 15) is 24.0 Å². The van der Waals surface area contributed by atoms with Crippen LogP contribution in [0.25, 0.3) is 0 Å². The van der Waals surface area contributed by atoms with Crippen molar-refractivity contribution in [2.24, 2.45) is 0 Å². The molecule has 2 aliphatic rings. The van der Waals surface area contributed by atoms with Crippen molar-refractivity contribution in [3.63, 3.8) is 0 Å². The van der Waals surface area contributed by atoms with Crippen molar-refractivity contribution in [2.75, 3.05) is 6.54 Å². The standard InChI is InChI=1S/C22H18N2O6/c25-18(30-24-21(28)16-10-5-6-11-17(16)22(24)29)12-2-1-7-13-23-19(26)14-8-3-4-9-15(14)20(23)27/h3-6,8-11H,1-2,7,12-13H2. The highest BCUT2D eigenvalue weighted by molar-refractivity contribution is 6.21. The van der Waals surface area contributed by atoms with E-state index in [1.54, 1.807) is 36.4 Å². The second kappa shape index (κ2) is 7.90. The number of hydrogen-bond donors (Lipinski definition) is 0. The number of nitrogens with zero attached hydrogens (tertiary/aromatic N) is 2. The molecule has 2 aliphatic heterocycles. The predicted octanol–water partition coefficient (Wildman–Crippen LogP) is 2.60. The summed E-state index contributed by atoms with van der Waals surface area (Å²) in [4.78, 5) is 67.1. The molecule has 0 radical (unpaired) electrons. The SMILES string of the molecule is O=C(CCCCCN1C(=O)c2ccccc2C1=O)ON1C(=O)c2ccccc2C1=O. The molecule has 4 amide bonds. The van der Waals surface area contributed by atoms with Crippen molar-refractivity contribution in [3.8, 4) is 0 Å². The van der Waals surface area contributed by atoms with Gasteiger partial charge in [-0.3, -0.25) is 24.1 Å². The van der Waals surface area contributed by atoms with Crippen molar-refractivity contribution in [1.29, 1.82) is 0 Å². The first-order valence-corrected chi connectivity index (χ1v) is 9.63. The lowest BCUT2D eigenvalue weighted by Gasteiger charge is -2.14. The van der Waals surface area contributed by atoms with Crippen LogP contribution in [0.3, 0.4) is 0 Å². The van der Waals surface area contributed by atoms with Gasteiger partial charge in [0.2, 0.25) is 0 Å². The molecule has 0 aliphatic carbocycles. The lowest BCUT2D eigenvalue weighted by atomic mass is 10.1. The Labute approximate surface area is 172 Å². The summed E-state index contributed by atoms with van der Waals surface area (Å²) in [5, 5.41) is 0.492. The molecule has 2 aromatic rings. The quantitative estimate of drug-likeness (QED) is 0.517. The van der Waals surface area contributed by atoms with Gasteiger partial charge in [0.25, 0.3) is 23.6 Å². The number of rotatable bonds is 7. The summed E-state index contributed by atoms with van der Waals surface area (Å²) in [7, 11) is 0. The first kappa shape index (κ1) is 19.5. The molecule has 0 fully saturated rings. The van der Waals surface area contributed by atoms with E-state index in [4.69, 9.17) is 4.84 Å². The Bertz CT molecular complexity index is 1010. The van der Waals surface area contributed by atoms with E-state index >= 15 is 0 Å². The van der Waals surface area contributed by atoms with Gasteiger partial charge in [-0.2, -0.15) is 0 Å². The van der Waals surface area contributed by atoms with Crippen molar-refractivity contribution >= 4 is 29.6 Å². The molecule has 0 saturated carbocycles. The van der Waals surface area contributed by atoms with Gasteiger partial charge in [-0.05, 0) is 37.1 Å². The van der Waals surface area contributed by atoms with Gasteiger partial charge in [0.15, 0.2) is 0 Å². The lowest BCUT2D eigenvalue weighted by molar-refractivity contribution is -0.168. The highest BCUT2D eigenvalue weighted by Gasteiger charge is 2.38. The molecule has 4 rings (SSSR count). The Morgan fingerprint density at radius 2 is 1.13 bits per heavy atom. The molecular formula is C22H18N2O6. The zero-order valence-corrected chi connectivity index (χ0v) is 16.0. The second-order valence-electron chi connectivity index (χ2n) is 7.03. The van der Waals surface area contributed by atoms with Crippen molar-refractivity contribution in [1.82, 2.24) is 9.96 Å². The summed E-state index contributed by atoms with van der Waals surface area (Å²) in [5.74, 6) is -2.62. The highest BCUT2D eigenvalue weighted by atomic mass is 16.7. The monoisotopic (exact) mass is 406 g/mol. The maximum atomic E-state index is 12.3. The van der Waals surface area contributed by atoms with Crippen LogP contribution in [0.15, 0.2) is 48.5 Å². The van der Waals surface area contributed by atoms with E-state index in [0.29, 0.717) is 35.5 Å². The van der Waals surface area contributed by atoms with Gasteiger partial charge in [0, 0.05) is 13.0 Å². The highest BCUT2D eigenvalue weighted by Crippen LogP contribution is 2.24. The van der Waals surface area contributed by atoms with Crippen LogP contribution >= 0.6 is 0 Å². The summed E-state index contributed by atoms with van der Waals surface area (Å²) in [6, 6.07) is 13.0. The molecule has 30 heavy (non-hydrogen) atoms. The van der Waals surface area contributed by atoms with Crippen LogP contribution in [0.4, 0.5) is 0 Å². The lowest BCUT2D eigenvalue weighted by Crippen LogP contribution is -2.32. The summed E-state index contributed by atoms with van der Waals surface area (Å²) >= 11 is 0. The zero-order chi connectivity index (χ0) is 21.3. The second-order valence-corrected chi connectivity index (χ2v) is 7.03. The van der Waals surface area contributed by atoms with Crippen LogP contribution in [0.1, 0.15) is 67.1 Å². The molecule has 0 atom stereocenters. The number of benzene rings is 2. The van der Waals surface area contributed by atoms with Crippen LogP contribution in [0.2, 0.25) is 0 Å². The Balaban J connectivity index is 1.21. The minimum atomic E-state index is -0.690. The van der Waals surface area contributed by atoms with Crippen LogP contribution in [0.5, 0.6) is 0 Å². The van der Waals surface area contributed by atoms with Crippen molar-refractivity contribution < 1.29 is 28.8 Å². The predicted molar refractivity (Wildman–Crippen MR) is 103 cm³/mol. The van der Waals surface area contributed by atoms with Crippen LogP contribution in [-0.2, 0) is 9.63 Å². The molecule has 0 unspecified atom stereocenters. The van der Waals surface area contributed by atoms with Gasteiger partial charge >= 0.3 is 5.97 Å². The van der Waals surface area contributed by atoms with Crippen molar-refractivity contribution in [2.45, 2.75) is 25.7 Å². The van der Waals surface area contributed by atoms with E-state index in [-0.39, 0.29) is 35.9 Å². The molecule has 152 valence electrons. The van der Waals surface area contributed by atoms with Gasteiger partial charge in [0.1, 0.15) is 0 Å². The average Bonchev–Trinajstić information content (AvgIpc) is 3.14. The first-order chi connectivity index (χ1) is 14.5. The van der Waals surface area contributed by atoms with E-state index in [1.807, 2.05) is 0 Å². The Hall–Kier alpha value is -3.81. The fourth-order valence-electron chi connectivity index (χ4n) is 3.56. The number of fused-ring (bicyclic) bond motifs is 2. The van der Waals surface area contributed by atoms with Crippen LogP contribution < -0.4 is 0 Å². The number of carbonyl (C=O) groups is 5. The molecule has 2 heterocycles. The first-order valence-electron chi connectivity index (χ1n) is 9.63. The Kier molecular flexibility index (Phi) is 5.14. The van der Waals surface area contributed by atoms with Gasteiger partial charge in [-0.1, -0.05) is 35.7 Å². The topological polar surface area (TPSA) is 101 Å². The third kappa shape index (κ3) is 3.36. The average molecular weight is 406 g/mol. The molecule has 0 N–H and O–H groups in total. The Morgan fingerprint density at radius 3 is 1.63 bits per heavy atom. The smallest absolute Gasteiger partial charge is 0.330 e. The number of amides is 4. The number of imide groups is 2. The normalized spacial score (nSPS) is 14.9. The number of hydrogen-bond acceptors (Lipinski definition) is 6. The number of hydroxylamine groups is 2. The summed E-state index contributed by atoms with van der Waals surface area (Å²) in [6.45, 7) is 0.264. The third-order valence-electron chi connectivity index (χ3n) is 5.09. The van der Waals surface area contributed by atoms with Gasteiger partial charge in [0.05, 0.1) is 22.3 Å². The van der Waals surface area contributed by atoms with Crippen LogP contribution in [0, 0.1) is 0 Å².